The van der Waals surface area contributed by atoms with Gasteiger partial charge in [-0.25, -0.2) is 4.98 Å². The van der Waals surface area contributed by atoms with Crippen LogP contribution in [0.15, 0.2) is 34.9 Å². The third-order valence-electron chi connectivity index (χ3n) is 3.32. The second-order valence-electron chi connectivity index (χ2n) is 5.30. The van der Waals surface area contributed by atoms with Crippen molar-refractivity contribution in [3.05, 3.63) is 46.2 Å². The molecule has 2 aromatic heterocycles. The Morgan fingerprint density at radius 3 is 2.59 bits per heavy atom. The number of carbonyl (C=O) groups excluding carboxylic acids is 1. The molecular formula is C16H19F3N6OS. The molecule has 0 saturated heterocycles. The van der Waals surface area contributed by atoms with Gasteiger partial charge in [-0.2, -0.15) is 13.2 Å². The van der Waals surface area contributed by atoms with Gasteiger partial charge in [0, 0.05) is 50.9 Å². The Morgan fingerprint density at radius 1 is 1.22 bits per heavy atom. The molecule has 0 radical (unpaired) electrons. The lowest BCUT2D eigenvalue weighted by Gasteiger charge is -2.12. The molecule has 0 unspecified atom stereocenters. The number of guanidine groups is 1. The highest BCUT2D eigenvalue weighted by molar-refractivity contribution is 7.09. The minimum Gasteiger partial charge on any atom is -0.356 e. The molecule has 27 heavy (non-hydrogen) atoms. The maximum atomic E-state index is 12.5. The minimum absolute atomic E-state index is 0.225. The van der Waals surface area contributed by atoms with Crippen LogP contribution in [-0.4, -0.2) is 48.5 Å². The fourth-order valence-corrected chi connectivity index (χ4v) is 2.83. The highest BCUT2D eigenvalue weighted by Gasteiger charge is 2.33. The SMILES string of the molecule is CN=C(NCCNC(=O)c1cccnc1)NCCc1nc(C(F)(F)F)cs1. The second kappa shape index (κ2) is 9.86. The number of rotatable bonds is 7. The van der Waals surface area contributed by atoms with E-state index in [1.807, 2.05) is 0 Å². The topological polar surface area (TPSA) is 91.3 Å². The summed E-state index contributed by atoms with van der Waals surface area (Å²) in [5.74, 6) is 0.260. The fourth-order valence-electron chi connectivity index (χ4n) is 2.02. The molecule has 0 atom stereocenters. The van der Waals surface area contributed by atoms with Crippen LogP contribution >= 0.6 is 11.3 Å². The van der Waals surface area contributed by atoms with E-state index in [2.05, 4.69) is 30.9 Å². The van der Waals surface area contributed by atoms with Crippen LogP contribution in [0, 0.1) is 0 Å². The summed E-state index contributed by atoms with van der Waals surface area (Å²) in [5.41, 5.74) is -0.393. The summed E-state index contributed by atoms with van der Waals surface area (Å²) >= 11 is 0.974. The van der Waals surface area contributed by atoms with Crippen molar-refractivity contribution >= 4 is 23.2 Å². The van der Waals surface area contributed by atoms with Crippen molar-refractivity contribution in [3.8, 4) is 0 Å². The molecule has 1 amide bonds. The standard InChI is InChI=1S/C16H19F3N6OS/c1-20-15(23-6-4-13-25-12(10-27-13)16(17,18)19)24-8-7-22-14(26)11-3-2-5-21-9-11/h2-3,5,9-10H,4,6-8H2,1H3,(H,22,26)(H2,20,23,24). The van der Waals surface area contributed by atoms with E-state index in [-0.39, 0.29) is 5.91 Å². The van der Waals surface area contributed by atoms with Crippen LogP contribution in [0.25, 0.3) is 0 Å². The molecule has 0 aliphatic heterocycles. The number of nitrogens with one attached hydrogen (secondary N) is 3. The van der Waals surface area contributed by atoms with Crippen LogP contribution in [0.3, 0.4) is 0 Å². The summed E-state index contributed by atoms with van der Waals surface area (Å²) < 4.78 is 37.5. The van der Waals surface area contributed by atoms with Crippen LogP contribution in [0.4, 0.5) is 13.2 Å². The van der Waals surface area contributed by atoms with Crippen molar-refractivity contribution in [3.63, 3.8) is 0 Å². The number of hydrogen-bond donors (Lipinski definition) is 3. The Bertz CT molecular complexity index is 763. The minimum atomic E-state index is -4.42. The quantitative estimate of drug-likeness (QED) is 0.374. The molecule has 146 valence electrons. The maximum absolute atomic E-state index is 12.5. The molecule has 0 fully saturated rings. The Hall–Kier alpha value is -2.69. The first kappa shape index (κ1) is 20.6. The smallest absolute Gasteiger partial charge is 0.356 e. The van der Waals surface area contributed by atoms with E-state index in [1.165, 1.54) is 6.20 Å². The van der Waals surface area contributed by atoms with Gasteiger partial charge in [0.15, 0.2) is 11.7 Å². The van der Waals surface area contributed by atoms with E-state index < -0.39 is 11.9 Å². The van der Waals surface area contributed by atoms with E-state index in [1.54, 1.807) is 25.4 Å². The number of nitrogens with zero attached hydrogens (tertiary/aromatic N) is 3. The van der Waals surface area contributed by atoms with Crippen LogP contribution in [0.5, 0.6) is 0 Å². The zero-order valence-electron chi connectivity index (χ0n) is 14.5. The Kier molecular flexibility index (Phi) is 7.53. The van der Waals surface area contributed by atoms with Gasteiger partial charge in [0.1, 0.15) is 0 Å². The maximum Gasteiger partial charge on any atom is 0.434 e. The molecule has 0 aliphatic rings. The van der Waals surface area contributed by atoms with Gasteiger partial charge in [-0.1, -0.05) is 0 Å². The Labute approximate surface area is 158 Å². The number of amides is 1. The average molecular weight is 400 g/mol. The van der Waals surface area contributed by atoms with Crippen LogP contribution in [0.1, 0.15) is 21.1 Å². The molecule has 2 aromatic rings. The number of thiazole rings is 1. The lowest BCUT2D eigenvalue weighted by atomic mass is 10.3. The molecule has 2 rings (SSSR count). The number of pyridine rings is 1. The van der Waals surface area contributed by atoms with Crippen molar-refractivity contribution in [1.82, 2.24) is 25.9 Å². The highest BCUT2D eigenvalue weighted by Crippen LogP contribution is 2.29. The first-order valence-corrected chi connectivity index (χ1v) is 8.92. The Balaban J connectivity index is 1.66. The average Bonchev–Trinajstić information content (AvgIpc) is 3.13. The zero-order valence-corrected chi connectivity index (χ0v) is 15.3. The van der Waals surface area contributed by atoms with E-state index in [9.17, 15) is 18.0 Å². The van der Waals surface area contributed by atoms with Crippen molar-refractivity contribution in [2.75, 3.05) is 26.7 Å². The molecule has 2 heterocycles. The first-order chi connectivity index (χ1) is 12.9. The van der Waals surface area contributed by atoms with Crippen molar-refractivity contribution in [1.29, 1.82) is 0 Å². The van der Waals surface area contributed by atoms with Crippen molar-refractivity contribution in [2.24, 2.45) is 4.99 Å². The van der Waals surface area contributed by atoms with Gasteiger partial charge in [-0.15, -0.1) is 11.3 Å². The van der Waals surface area contributed by atoms with Crippen LogP contribution in [-0.2, 0) is 12.6 Å². The monoisotopic (exact) mass is 400 g/mol. The second-order valence-corrected chi connectivity index (χ2v) is 6.24. The van der Waals surface area contributed by atoms with E-state index in [0.29, 0.717) is 42.6 Å². The summed E-state index contributed by atoms with van der Waals surface area (Å²) in [7, 11) is 1.58. The van der Waals surface area contributed by atoms with Gasteiger partial charge in [0.2, 0.25) is 0 Å². The van der Waals surface area contributed by atoms with Gasteiger partial charge in [-0.05, 0) is 12.1 Å². The van der Waals surface area contributed by atoms with Crippen LogP contribution < -0.4 is 16.0 Å². The highest BCUT2D eigenvalue weighted by atomic mass is 32.1. The van der Waals surface area contributed by atoms with E-state index >= 15 is 0 Å². The first-order valence-electron chi connectivity index (χ1n) is 8.04. The molecule has 0 aliphatic carbocycles. The molecule has 0 aromatic carbocycles. The zero-order chi connectivity index (χ0) is 19.7. The fraction of sp³-hybridized carbons (Fsp3) is 0.375. The lowest BCUT2D eigenvalue weighted by Crippen LogP contribution is -2.42. The number of alkyl halides is 3. The summed E-state index contributed by atoms with van der Waals surface area (Å²) in [5, 5.41) is 10.1. The predicted molar refractivity (Wildman–Crippen MR) is 96.8 cm³/mol. The third-order valence-corrected chi connectivity index (χ3v) is 4.23. The van der Waals surface area contributed by atoms with E-state index in [0.717, 1.165) is 16.7 Å². The number of aromatic nitrogens is 2. The normalized spacial score (nSPS) is 11.9. The molecule has 0 saturated carbocycles. The molecule has 3 N–H and O–H groups in total. The predicted octanol–water partition coefficient (Wildman–Crippen LogP) is 1.69. The van der Waals surface area contributed by atoms with Crippen molar-refractivity contribution < 1.29 is 18.0 Å². The third kappa shape index (κ3) is 6.85. The lowest BCUT2D eigenvalue weighted by molar-refractivity contribution is -0.140. The summed E-state index contributed by atoms with van der Waals surface area (Å²) in [6.45, 7) is 1.18. The number of aliphatic imine (C=N–C) groups is 1. The van der Waals surface area contributed by atoms with Crippen molar-refractivity contribution in [2.45, 2.75) is 12.6 Å². The molecular weight excluding hydrogens is 381 g/mol. The number of halogens is 3. The summed E-state index contributed by atoms with van der Waals surface area (Å²) in [4.78, 5) is 23.3. The number of hydrogen-bond acceptors (Lipinski definition) is 5. The van der Waals surface area contributed by atoms with Gasteiger partial charge in [0.25, 0.3) is 5.91 Å². The van der Waals surface area contributed by atoms with Gasteiger partial charge in [-0.3, -0.25) is 14.8 Å². The van der Waals surface area contributed by atoms with Crippen LogP contribution in [0.2, 0.25) is 0 Å². The largest absolute Gasteiger partial charge is 0.434 e. The summed E-state index contributed by atoms with van der Waals surface area (Å²) in [6.07, 6.45) is -1.01. The molecule has 0 bridgehead atoms. The Morgan fingerprint density at radius 2 is 1.96 bits per heavy atom. The van der Waals surface area contributed by atoms with Gasteiger partial charge in [0.05, 0.1) is 10.6 Å². The van der Waals surface area contributed by atoms with Gasteiger partial charge >= 0.3 is 6.18 Å². The molecule has 7 nitrogen and oxygen atoms in total. The molecule has 0 spiro atoms. The molecule has 11 heteroatoms. The van der Waals surface area contributed by atoms with E-state index in [4.69, 9.17) is 0 Å². The number of carbonyl (C=O) groups is 1. The van der Waals surface area contributed by atoms with Gasteiger partial charge < -0.3 is 16.0 Å². The summed E-state index contributed by atoms with van der Waals surface area (Å²) in [6, 6.07) is 3.35.